The van der Waals surface area contributed by atoms with Crippen LogP contribution in [0.15, 0.2) is 16.6 Å². The van der Waals surface area contributed by atoms with E-state index in [1.807, 2.05) is 19.1 Å². The van der Waals surface area contributed by atoms with Crippen LogP contribution in [0, 0.1) is 6.92 Å². The minimum Gasteiger partial charge on any atom is -0.324 e. The van der Waals surface area contributed by atoms with Gasteiger partial charge in [-0.3, -0.25) is 9.59 Å². The van der Waals surface area contributed by atoms with Gasteiger partial charge in [-0.2, -0.15) is 0 Å². The Hall–Kier alpha value is -1.40. The number of hydrogen-bond acceptors (Lipinski definition) is 3. The van der Waals surface area contributed by atoms with Gasteiger partial charge < -0.3 is 16.0 Å². The molecule has 96 valence electrons. The molecular formula is C12H14BrN3O2. The van der Waals surface area contributed by atoms with Crippen LogP contribution in [-0.2, 0) is 9.59 Å². The SMILES string of the molecule is Cc1cc(Br)c2c(c1)NC(=O)CCN2C(=O)CN. The Bertz CT molecular complexity index is 516. The molecule has 0 bridgehead atoms. The van der Waals surface area contributed by atoms with E-state index in [1.54, 1.807) is 4.90 Å². The number of halogens is 1. The summed E-state index contributed by atoms with van der Waals surface area (Å²) in [5.74, 6) is -0.293. The van der Waals surface area contributed by atoms with Crippen LogP contribution < -0.4 is 16.0 Å². The number of nitrogens with two attached hydrogens (primary N) is 1. The number of carbonyl (C=O) groups excluding carboxylic acids is 2. The lowest BCUT2D eigenvalue weighted by Crippen LogP contribution is -2.37. The van der Waals surface area contributed by atoms with Crippen LogP contribution in [0.1, 0.15) is 12.0 Å². The summed E-state index contributed by atoms with van der Waals surface area (Å²) < 4.78 is 0.779. The van der Waals surface area contributed by atoms with Crippen molar-refractivity contribution in [1.82, 2.24) is 0 Å². The van der Waals surface area contributed by atoms with Crippen LogP contribution in [0.5, 0.6) is 0 Å². The largest absolute Gasteiger partial charge is 0.324 e. The zero-order valence-electron chi connectivity index (χ0n) is 10.00. The molecular weight excluding hydrogens is 298 g/mol. The van der Waals surface area contributed by atoms with Gasteiger partial charge in [-0.05, 0) is 40.5 Å². The number of hydrogen-bond donors (Lipinski definition) is 2. The van der Waals surface area contributed by atoms with Gasteiger partial charge in [0.15, 0.2) is 0 Å². The summed E-state index contributed by atoms with van der Waals surface area (Å²) >= 11 is 3.44. The van der Waals surface area contributed by atoms with Crippen LogP contribution in [0.2, 0.25) is 0 Å². The van der Waals surface area contributed by atoms with Gasteiger partial charge in [-0.1, -0.05) is 0 Å². The second kappa shape index (κ2) is 5.07. The van der Waals surface area contributed by atoms with Crippen molar-refractivity contribution in [3.05, 3.63) is 22.2 Å². The number of aryl methyl sites for hydroxylation is 1. The maximum absolute atomic E-state index is 11.9. The molecule has 2 amide bonds. The molecule has 0 saturated carbocycles. The average molecular weight is 312 g/mol. The highest BCUT2D eigenvalue weighted by atomic mass is 79.9. The monoisotopic (exact) mass is 311 g/mol. The fourth-order valence-electron chi connectivity index (χ4n) is 2.00. The van der Waals surface area contributed by atoms with Gasteiger partial charge in [0.05, 0.1) is 17.9 Å². The number of rotatable bonds is 1. The predicted octanol–water partition coefficient (Wildman–Crippen LogP) is 1.39. The van der Waals surface area contributed by atoms with E-state index in [1.165, 1.54) is 0 Å². The van der Waals surface area contributed by atoms with Crippen LogP contribution in [0.25, 0.3) is 0 Å². The molecule has 1 aliphatic rings. The molecule has 0 fully saturated rings. The fraction of sp³-hybridized carbons (Fsp3) is 0.333. The third-order valence-corrected chi connectivity index (χ3v) is 3.39. The third-order valence-electron chi connectivity index (χ3n) is 2.79. The average Bonchev–Trinajstić information content (AvgIpc) is 2.46. The van der Waals surface area contributed by atoms with Crippen molar-refractivity contribution in [1.29, 1.82) is 0 Å². The Labute approximate surface area is 113 Å². The van der Waals surface area contributed by atoms with Crippen molar-refractivity contribution in [2.24, 2.45) is 5.73 Å². The highest BCUT2D eigenvalue weighted by molar-refractivity contribution is 9.10. The van der Waals surface area contributed by atoms with Crippen molar-refractivity contribution >= 4 is 39.1 Å². The number of carbonyl (C=O) groups is 2. The summed E-state index contributed by atoms with van der Waals surface area (Å²) in [7, 11) is 0. The number of amides is 2. The highest BCUT2D eigenvalue weighted by Gasteiger charge is 2.25. The summed E-state index contributed by atoms with van der Waals surface area (Å²) in [6, 6.07) is 3.76. The quantitative estimate of drug-likeness (QED) is 0.823. The topological polar surface area (TPSA) is 75.4 Å². The van der Waals surface area contributed by atoms with Gasteiger partial charge in [-0.15, -0.1) is 0 Å². The first-order valence-corrected chi connectivity index (χ1v) is 6.42. The van der Waals surface area contributed by atoms with Crippen molar-refractivity contribution in [2.75, 3.05) is 23.3 Å². The first-order chi connectivity index (χ1) is 8.52. The zero-order chi connectivity index (χ0) is 13.3. The van der Waals surface area contributed by atoms with Crippen LogP contribution in [-0.4, -0.2) is 24.9 Å². The molecule has 2 rings (SSSR count). The highest BCUT2D eigenvalue weighted by Crippen LogP contribution is 2.37. The zero-order valence-corrected chi connectivity index (χ0v) is 11.6. The Morgan fingerprint density at radius 3 is 2.94 bits per heavy atom. The van der Waals surface area contributed by atoms with Gasteiger partial charge in [0, 0.05) is 17.4 Å². The molecule has 1 aromatic rings. The molecule has 1 heterocycles. The molecule has 0 aliphatic carbocycles. The molecule has 0 atom stereocenters. The molecule has 0 aromatic heterocycles. The molecule has 0 saturated heterocycles. The number of benzene rings is 1. The van der Waals surface area contributed by atoms with Crippen LogP contribution in [0.3, 0.4) is 0 Å². The standard InChI is InChI=1S/C12H14BrN3O2/c1-7-4-8(13)12-9(5-7)15-10(17)2-3-16(12)11(18)6-14/h4-5H,2-3,6,14H2,1H3,(H,15,17). The van der Waals surface area contributed by atoms with Crippen molar-refractivity contribution in [3.8, 4) is 0 Å². The maximum Gasteiger partial charge on any atom is 0.240 e. The minimum absolute atomic E-state index is 0.0754. The third kappa shape index (κ3) is 2.39. The van der Waals surface area contributed by atoms with Gasteiger partial charge in [0.25, 0.3) is 0 Å². The lowest BCUT2D eigenvalue weighted by atomic mass is 10.1. The van der Waals surface area contributed by atoms with Crippen LogP contribution >= 0.6 is 15.9 Å². The normalized spacial score (nSPS) is 14.8. The summed E-state index contributed by atoms with van der Waals surface area (Å²) in [6.07, 6.45) is 0.270. The predicted molar refractivity (Wildman–Crippen MR) is 73.5 cm³/mol. The molecule has 0 spiro atoms. The Morgan fingerprint density at radius 2 is 2.28 bits per heavy atom. The molecule has 6 heteroatoms. The minimum atomic E-state index is -0.197. The number of nitrogens with one attached hydrogen (secondary N) is 1. The molecule has 3 N–H and O–H groups in total. The van der Waals surface area contributed by atoms with Gasteiger partial charge in [0.2, 0.25) is 11.8 Å². The van der Waals surface area contributed by atoms with E-state index < -0.39 is 0 Å². The number of nitrogens with zero attached hydrogens (tertiary/aromatic N) is 1. The summed E-state index contributed by atoms with van der Waals surface area (Å²) in [5.41, 5.74) is 7.74. The molecule has 1 aromatic carbocycles. The van der Waals surface area contributed by atoms with E-state index >= 15 is 0 Å². The first kappa shape index (κ1) is 13.0. The smallest absolute Gasteiger partial charge is 0.240 e. The van der Waals surface area contributed by atoms with Gasteiger partial charge >= 0.3 is 0 Å². The van der Waals surface area contributed by atoms with E-state index in [-0.39, 0.29) is 24.8 Å². The lowest BCUT2D eigenvalue weighted by Gasteiger charge is -2.23. The second-order valence-electron chi connectivity index (χ2n) is 4.19. The van der Waals surface area contributed by atoms with E-state index in [0.717, 1.165) is 10.0 Å². The summed E-state index contributed by atoms with van der Waals surface area (Å²) in [5, 5.41) is 2.81. The van der Waals surface area contributed by atoms with Crippen molar-refractivity contribution in [3.63, 3.8) is 0 Å². The molecule has 1 aliphatic heterocycles. The van der Waals surface area contributed by atoms with Crippen LogP contribution in [0.4, 0.5) is 11.4 Å². The van der Waals surface area contributed by atoms with Crippen molar-refractivity contribution in [2.45, 2.75) is 13.3 Å². The first-order valence-electron chi connectivity index (χ1n) is 5.63. The molecule has 5 nitrogen and oxygen atoms in total. The van der Waals surface area contributed by atoms with E-state index in [0.29, 0.717) is 17.9 Å². The van der Waals surface area contributed by atoms with Gasteiger partial charge in [0.1, 0.15) is 0 Å². The Morgan fingerprint density at radius 1 is 1.56 bits per heavy atom. The number of fused-ring (bicyclic) bond motifs is 1. The fourth-order valence-corrected chi connectivity index (χ4v) is 2.79. The van der Waals surface area contributed by atoms with E-state index in [9.17, 15) is 9.59 Å². The maximum atomic E-state index is 11.9. The summed E-state index contributed by atoms with van der Waals surface area (Å²) in [6.45, 7) is 2.20. The molecule has 0 radical (unpaired) electrons. The summed E-state index contributed by atoms with van der Waals surface area (Å²) in [4.78, 5) is 25.0. The van der Waals surface area contributed by atoms with Gasteiger partial charge in [-0.25, -0.2) is 0 Å². The molecule has 0 unspecified atom stereocenters. The Kier molecular flexibility index (Phi) is 3.68. The van der Waals surface area contributed by atoms with E-state index in [2.05, 4.69) is 21.2 Å². The number of anilines is 2. The second-order valence-corrected chi connectivity index (χ2v) is 5.04. The lowest BCUT2D eigenvalue weighted by molar-refractivity contribution is -0.117. The van der Waals surface area contributed by atoms with E-state index in [4.69, 9.17) is 5.73 Å². The molecule has 18 heavy (non-hydrogen) atoms. The Balaban J connectivity index is 2.56. The van der Waals surface area contributed by atoms with Crippen molar-refractivity contribution < 1.29 is 9.59 Å².